The van der Waals surface area contributed by atoms with Gasteiger partial charge in [0.2, 0.25) is 5.91 Å². The van der Waals surface area contributed by atoms with E-state index in [9.17, 15) is 4.79 Å². The predicted molar refractivity (Wildman–Crippen MR) is 64.6 cm³/mol. The van der Waals surface area contributed by atoms with Crippen LogP contribution in [0.1, 0.15) is 6.92 Å². The van der Waals surface area contributed by atoms with Crippen LogP contribution in [0.25, 0.3) is 0 Å². The molecule has 0 unspecified atom stereocenters. The lowest BCUT2D eigenvalue weighted by atomic mass is 10.4. The Labute approximate surface area is 101 Å². The summed E-state index contributed by atoms with van der Waals surface area (Å²) in [6.07, 6.45) is 1.36. The van der Waals surface area contributed by atoms with Crippen molar-refractivity contribution in [3.63, 3.8) is 0 Å². The molecule has 0 saturated heterocycles. The Hall–Kier alpha value is -1.41. The molecule has 5 N–H and O–H groups in total. The number of halogens is 1. The molecule has 1 rings (SSSR count). The van der Waals surface area contributed by atoms with Gasteiger partial charge in [0.15, 0.2) is 5.82 Å². The number of nitrogens with two attached hydrogens (primary N) is 2. The zero-order chi connectivity index (χ0) is 12.1. The van der Waals surface area contributed by atoms with Gasteiger partial charge in [-0.25, -0.2) is 15.8 Å². The highest BCUT2D eigenvalue weighted by Crippen LogP contribution is 2.28. The average Bonchev–Trinajstić information content (AvgIpc) is 2.26. The van der Waals surface area contributed by atoms with Crippen LogP contribution in [0.2, 0.25) is 0 Å². The first-order chi connectivity index (χ1) is 7.60. The van der Waals surface area contributed by atoms with Gasteiger partial charge in [-0.15, -0.1) is 0 Å². The highest BCUT2D eigenvalue weighted by Gasteiger charge is 2.15. The standard InChI is InChI=1S/C8H13BrN6O/c1-2-15(3-5(10)16)8-6(9)7(14-11)12-4-13-8/h4H,2-3,11H2,1H3,(H2,10,16)(H,12,13,14). The van der Waals surface area contributed by atoms with Crippen molar-refractivity contribution in [1.82, 2.24) is 9.97 Å². The van der Waals surface area contributed by atoms with Crippen molar-refractivity contribution >= 4 is 33.5 Å². The van der Waals surface area contributed by atoms with Gasteiger partial charge in [0.25, 0.3) is 0 Å². The van der Waals surface area contributed by atoms with E-state index in [4.69, 9.17) is 11.6 Å². The van der Waals surface area contributed by atoms with Crippen molar-refractivity contribution in [3.8, 4) is 0 Å². The second-order valence-electron chi connectivity index (χ2n) is 2.98. The molecule has 0 fully saturated rings. The molecular formula is C8H13BrN6O. The van der Waals surface area contributed by atoms with E-state index in [1.807, 2.05) is 6.92 Å². The maximum Gasteiger partial charge on any atom is 0.236 e. The van der Waals surface area contributed by atoms with Gasteiger partial charge in [0.05, 0.1) is 6.54 Å². The lowest BCUT2D eigenvalue weighted by Crippen LogP contribution is -2.34. The van der Waals surface area contributed by atoms with E-state index in [0.29, 0.717) is 22.7 Å². The SMILES string of the molecule is CCN(CC(N)=O)c1ncnc(NN)c1Br. The Bertz CT molecular complexity index is 385. The molecule has 1 heterocycles. The van der Waals surface area contributed by atoms with Crippen LogP contribution in [0, 0.1) is 0 Å². The van der Waals surface area contributed by atoms with Crippen LogP contribution >= 0.6 is 15.9 Å². The topological polar surface area (TPSA) is 110 Å². The second kappa shape index (κ2) is 5.61. The quantitative estimate of drug-likeness (QED) is 0.513. The van der Waals surface area contributed by atoms with Gasteiger partial charge >= 0.3 is 0 Å². The summed E-state index contributed by atoms with van der Waals surface area (Å²) in [5.41, 5.74) is 7.57. The smallest absolute Gasteiger partial charge is 0.236 e. The summed E-state index contributed by atoms with van der Waals surface area (Å²) in [7, 11) is 0. The molecule has 0 bridgehead atoms. The maximum atomic E-state index is 10.9. The molecule has 0 aliphatic heterocycles. The molecule has 0 saturated carbocycles. The average molecular weight is 289 g/mol. The molecule has 1 amide bonds. The summed E-state index contributed by atoms with van der Waals surface area (Å²) < 4.78 is 0.598. The molecule has 8 heteroatoms. The second-order valence-corrected chi connectivity index (χ2v) is 3.78. The summed E-state index contributed by atoms with van der Waals surface area (Å²) in [4.78, 5) is 20.6. The van der Waals surface area contributed by atoms with Crippen LogP contribution in [-0.2, 0) is 4.79 Å². The van der Waals surface area contributed by atoms with Gasteiger partial charge in [-0.3, -0.25) is 4.79 Å². The van der Waals surface area contributed by atoms with Crippen molar-refractivity contribution in [1.29, 1.82) is 0 Å². The highest BCUT2D eigenvalue weighted by molar-refractivity contribution is 9.10. The number of rotatable bonds is 5. The summed E-state index contributed by atoms with van der Waals surface area (Å²) in [6.45, 7) is 2.59. The van der Waals surface area contributed by atoms with Crippen LogP contribution in [0.3, 0.4) is 0 Å². The number of hydrogen-bond donors (Lipinski definition) is 3. The van der Waals surface area contributed by atoms with E-state index in [1.54, 1.807) is 4.90 Å². The molecule has 7 nitrogen and oxygen atoms in total. The molecule has 0 aliphatic rings. The third-order valence-electron chi connectivity index (χ3n) is 1.94. The number of hydrogen-bond acceptors (Lipinski definition) is 6. The van der Waals surface area contributed by atoms with Crippen LogP contribution in [0.5, 0.6) is 0 Å². The van der Waals surface area contributed by atoms with E-state index in [1.165, 1.54) is 6.33 Å². The number of carbonyl (C=O) groups is 1. The number of primary amides is 1. The van der Waals surface area contributed by atoms with Crippen molar-refractivity contribution in [2.75, 3.05) is 23.4 Å². The maximum absolute atomic E-state index is 10.9. The minimum Gasteiger partial charge on any atom is -0.368 e. The fourth-order valence-corrected chi connectivity index (χ4v) is 1.78. The molecule has 0 radical (unpaired) electrons. The Morgan fingerprint density at radius 2 is 2.31 bits per heavy atom. The third kappa shape index (κ3) is 2.80. The highest BCUT2D eigenvalue weighted by atomic mass is 79.9. The number of nitrogen functional groups attached to an aromatic ring is 1. The van der Waals surface area contributed by atoms with Gasteiger partial charge in [-0.05, 0) is 22.9 Å². The van der Waals surface area contributed by atoms with E-state index in [2.05, 4.69) is 31.3 Å². The number of likely N-dealkylation sites (N-methyl/N-ethyl adjacent to an activating group) is 1. The monoisotopic (exact) mass is 288 g/mol. The molecule has 1 aromatic rings. The van der Waals surface area contributed by atoms with E-state index < -0.39 is 5.91 Å². The van der Waals surface area contributed by atoms with Crippen molar-refractivity contribution in [2.24, 2.45) is 11.6 Å². The van der Waals surface area contributed by atoms with Crippen LogP contribution in [0.15, 0.2) is 10.8 Å². The predicted octanol–water partition coefficient (Wildman–Crippen LogP) is -0.164. The van der Waals surface area contributed by atoms with Crippen molar-refractivity contribution in [2.45, 2.75) is 6.92 Å². The normalized spacial score (nSPS) is 9.94. The van der Waals surface area contributed by atoms with Crippen molar-refractivity contribution < 1.29 is 4.79 Å². The Morgan fingerprint density at radius 3 is 2.81 bits per heavy atom. The van der Waals surface area contributed by atoms with Crippen LogP contribution < -0.4 is 21.9 Å². The lowest BCUT2D eigenvalue weighted by molar-refractivity contribution is -0.116. The number of carbonyl (C=O) groups excluding carboxylic acids is 1. The van der Waals surface area contributed by atoms with Gasteiger partial charge in [-0.2, -0.15) is 0 Å². The summed E-state index contributed by atoms with van der Waals surface area (Å²) in [5.74, 6) is 5.89. The van der Waals surface area contributed by atoms with E-state index >= 15 is 0 Å². The number of nitrogens with one attached hydrogen (secondary N) is 1. The third-order valence-corrected chi connectivity index (χ3v) is 2.67. The Balaban J connectivity index is 3.04. The minimum absolute atomic E-state index is 0.0934. The first-order valence-electron chi connectivity index (χ1n) is 4.60. The van der Waals surface area contributed by atoms with Crippen molar-refractivity contribution in [3.05, 3.63) is 10.8 Å². The Kier molecular flexibility index (Phi) is 4.44. The number of amides is 1. The van der Waals surface area contributed by atoms with Gasteiger partial charge in [0, 0.05) is 6.54 Å². The Morgan fingerprint density at radius 1 is 1.62 bits per heavy atom. The fourth-order valence-electron chi connectivity index (χ4n) is 1.21. The molecule has 1 aromatic heterocycles. The summed E-state index contributed by atoms with van der Waals surface area (Å²) in [5, 5.41) is 0. The first-order valence-corrected chi connectivity index (χ1v) is 5.39. The van der Waals surface area contributed by atoms with E-state index in [-0.39, 0.29) is 6.54 Å². The van der Waals surface area contributed by atoms with Crippen LogP contribution in [-0.4, -0.2) is 29.0 Å². The summed E-state index contributed by atoms with van der Waals surface area (Å²) >= 11 is 3.31. The minimum atomic E-state index is -0.422. The number of aromatic nitrogens is 2. The fraction of sp³-hybridized carbons (Fsp3) is 0.375. The van der Waals surface area contributed by atoms with E-state index in [0.717, 1.165) is 0 Å². The molecular weight excluding hydrogens is 276 g/mol. The van der Waals surface area contributed by atoms with Gasteiger partial charge in [-0.1, -0.05) is 0 Å². The lowest BCUT2D eigenvalue weighted by Gasteiger charge is -2.21. The number of hydrazine groups is 1. The van der Waals surface area contributed by atoms with Crippen LogP contribution in [0.4, 0.5) is 11.6 Å². The molecule has 0 aromatic carbocycles. The zero-order valence-electron chi connectivity index (χ0n) is 8.77. The van der Waals surface area contributed by atoms with Gasteiger partial charge in [0.1, 0.15) is 16.6 Å². The zero-order valence-corrected chi connectivity index (χ0v) is 10.4. The number of nitrogens with zero attached hydrogens (tertiary/aromatic N) is 3. The molecule has 88 valence electrons. The molecule has 0 atom stereocenters. The summed E-state index contributed by atoms with van der Waals surface area (Å²) in [6, 6.07) is 0. The largest absolute Gasteiger partial charge is 0.368 e. The molecule has 0 spiro atoms. The number of anilines is 2. The van der Waals surface area contributed by atoms with Gasteiger partial charge < -0.3 is 16.1 Å². The first kappa shape index (κ1) is 12.7. The molecule has 0 aliphatic carbocycles. The molecule has 16 heavy (non-hydrogen) atoms.